The zero-order chi connectivity index (χ0) is 18.9. The van der Waals surface area contributed by atoms with Crippen LogP contribution in [0.5, 0.6) is 5.75 Å². The molecule has 0 aromatic carbocycles. The van der Waals surface area contributed by atoms with Crippen LogP contribution in [0, 0.1) is 0 Å². The molecule has 0 saturated heterocycles. The number of pyridine rings is 2. The molecule has 0 amide bonds. The molecule has 2 N–H and O–H groups in total. The SMILES string of the molecule is COc1cccnc1CCCCN=c1cc(N)c(Cc2cccnc2)co1. The summed E-state index contributed by atoms with van der Waals surface area (Å²) in [6.07, 6.45) is 10.5. The second-order valence-electron chi connectivity index (χ2n) is 6.23. The summed E-state index contributed by atoms with van der Waals surface area (Å²) < 4.78 is 10.9. The van der Waals surface area contributed by atoms with Gasteiger partial charge < -0.3 is 14.9 Å². The van der Waals surface area contributed by atoms with E-state index in [0.717, 1.165) is 41.8 Å². The zero-order valence-corrected chi connectivity index (χ0v) is 15.5. The summed E-state index contributed by atoms with van der Waals surface area (Å²) in [5.41, 5.74) is 10.4. The minimum atomic E-state index is 0.554. The van der Waals surface area contributed by atoms with Crippen LogP contribution in [0.3, 0.4) is 0 Å². The number of ether oxygens (including phenoxy) is 1. The van der Waals surface area contributed by atoms with Crippen LogP contribution in [0.25, 0.3) is 0 Å². The average Bonchev–Trinajstić information content (AvgIpc) is 2.71. The minimum Gasteiger partial charge on any atom is -0.495 e. The van der Waals surface area contributed by atoms with Gasteiger partial charge in [-0.25, -0.2) is 0 Å². The van der Waals surface area contributed by atoms with Crippen molar-refractivity contribution >= 4 is 5.69 Å². The van der Waals surface area contributed by atoms with Crippen molar-refractivity contribution in [2.24, 2.45) is 4.99 Å². The number of unbranched alkanes of at least 4 members (excludes halogenated alkanes) is 1. The number of hydrogen-bond acceptors (Lipinski definition) is 6. The molecule has 0 bridgehead atoms. The first kappa shape index (κ1) is 18.6. The van der Waals surface area contributed by atoms with Gasteiger partial charge >= 0.3 is 0 Å². The highest BCUT2D eigenvalue weighted by Gasteiger charge is 2.04. The van der Waals surface area contributed by atoms with Gasteiger partial charge in [-0.05, 0) is 43.0 Å². The van der Waals surface area contributed by atoms with Crippen LogP contribution < -0.4 is 16.0 Å². The molecule has 0 aliphatic carbocycles. The summed E-state index contributed by atoms with van der Waals surface area (Å²) in [5.74, 6) is 0.835. The molecule has 3 heterocycles. The second-order valence-corrected chi connectivity index (χ2v) is 6.23. The average molecular weight is 364 g/mol. The monoisotopic (exact) mass is 364 g/mol. The van der Waals surface area contributed by atoms with E-state index in [1.807, 2.05) is 30.5 Å². The van der Waals surface area contributed by atoms with Gasteiger partial charge in [-0.2, -0.15) is 0 Å². The van der Waals surface area contributed by atoms with Crippen molar-refractivity contribution in [3.05, 3.63) is 77.6 Å². The van der Waals surface area contributed by atoms with Crippen LogP contribution >= 0.6 is 0 Å². The summed E-state index contributed by atoms with van der Waals surface area (Å²) in [6, 6.07) is 9.52. The Balaban J connectivity index is 1.52. The van der Waals surface area contributed by atoms with E-state index in [4.69, 9.17) is 14.9 Å². The molecule has 0 atom stereocenters. The van der Waals surface area contributed by atoms with Crippen molar-refractivity contribution in [2.75, 3.05) is 19.4 Å². The summed E-state index contributed by atoms with van der Waals surface area (Å²) in [4.78, 5) is 13.0. The molecular formula is C21H24N4O2. The van der Waals surface area contributed by atoms with Crippen molar-refractivity contribution in [3.8, 4) is 5.75 Å². The predicted molar refractivity (Wildman–Crippen MR) is 104 cm³/mol. The van der Waals surface area contributed by atoms with E-state index in [0.29, 0.717) is 24.2 Å². The number of nitrogens with zero attached hydrogens (tertiary/aromatic N) is 3. The third kappa shape index (κ3) is 5.41. The van der Waals surface area contributed by atoms with Gasteiger partial charge in [0.25, 0.3) is 0 Å². The van der Waals surface area contributed by atoms with Gasteiger partial charge in [-0.3, -0.25) is 15.0 Å². The van der Waals surface area contributed by atoms with Gasteiger partial charge in [0.15, 0.2) is 0 Å². The maximum absolute atomic E-state index is 6.15. The summed E-state index contributed by atoms with van der Waals surface area (Å²) in [7, 11) is 1.67. The van der Waals surface area contributed by atoms with Crippen LogP contribution in [-0.4, -0.2) is 23.6 Å². The lowest BCUT2D eigenvalue weighted by Crippen LogP contribution is -2.07. The minimum absolute atomic E-state index is 0.554. The molecule has 0 unspecified atom stereocenters. The van der Waals surface area contributed by atoms with Crippen molar-refractivity contribution < 1.29 is 9.15 Å². The predicted octanol–water partition coefficient (Wildman–Crippen LogP) is 3.17. The number of methoxy groups -OCH3 is 1. The lowest BCUT2D eigenvalue weighted by atomic mass is 10.1. The molecule has 27 heavy (non-hydrogen) atoms. The first-order chi connectivity index (χ1) is 13.3. The molecule has 6 nitrogen and oxygen atoms in total. The van der Waals surface area contributed by atoms with Crippen LogP contribution in [0.2, 0.25) is 0 Å². The van der Waals surface area contributed by atoms with E-state index in [2.05, 4.69) is 15.0 Å². The smallest absolute Gasteiger partial charge is 0.215 e. The highest BCUT2D eigenvalue weighted by molar-refractivity contribution is 5.45. The molecular weight excluding hydrogens is 340 g/mol. The van der Waals surface area contributed by atoms with Crippen LogP contribution in [0.4, 0.5) is 5.69 Å². The van der Waals surface area contributed by atoms with Gasteiger partial charge in [-0.1, -0.05) is 6.07 Å². The molecule has 0 aliphatic heterocycles. The summed E-state index contributed by atoms with van der Waals surface area (Å²) in [6.45, 7) is 0.681. The zero-order valence-electron chi connectivity index (χ0n) is 15.5. The number of hydrogen-bond donors (Lipinski definition) is 1. The highest BCUT2D eigenvalue weighted by Crippen LogP contribution is 2.17. The van der Waals surface area contributed by atoms with Gasteiger partial charge in [0.2, 0.25) is 5.55 Å². The third-order valence-electron chi connectivity index (χ3n) is 4.25. The number of aryl methyl sites for hydroxylation is 1. The number of anilines is 1. The first-order valence-electron chi connectivity index (χ1n) is 9.00. The van der Waals surface area contributed by atoms with Gasteiger partial charge in [-0.15, -0.1) is 0 Å². The maximum atomic E-state index is 6.15. The van der Waals surface area contributed by atoms with E-state index in [1.165, 1.54) is 0 Å². The standard InChI is InChI=1S/C21H24N4O2/c1-26-20-8-5-11-24-19(20)7-2-3-10-25-21-13-18(22)17(15-27-21)12-16-6-4-9-23-14-16/h4-6,8-9,11,13-15H,2-3,7,10,12,22H2,1H3. The fourth-order valence-electron chi connectivity index (χ4n) is 2.80. The number of aromatic nitrogens is 2. The molecule has 0 saturated carbocycles. The third-order valence-corrected chi connectivity index (χ3v) is 4.25. The highest BCUT2D eigenvalue weighted by atomic mass is 16.5. The fourth-order valence-corrected chi connectivity index (χ4v) is 2.80. The van der Waals surface area contributed by atoms with E-state index < -0.39 is 0 Å². The Hall–Kier alpha value is -3.15. The van der Waals surface area contributed by atoms with Gasteiger partial charge in [0, 0.05) is 48.9 Å². The Morgan fingerprint density at radius 3 is 2.85 bits per heavy atom. The van der Waals surface area contributed by atoms with E-state index >= 15 is 0 Å². The molecule has 3 aromatic heterocycles. The fraction of sp³-hybridized carbons (Fsp3) is 0.286. The summed E-state index contributed by atoms with van der Waals surface area (Å²) in [5, 5.41) is 0. The lowest BCUT2D eigenvalue weighted by molar-refractivity contribution is 0.406. The van der Waals surface area contributed by atoms with Crippen molar-refractivity contribution in [3.63, 3.8) is 0 Å². The molecule has 140 valence electrons. The number of nitrogens with two attached hydrogens (primary N) is 1. The van der Waals surface area contributed by atoms with Crippen LogP contribution in [-0.2, 0) is 12.8 Å². The molecule has 0 radical (unpaired) electrons. The maximum Gasteiger partial charge on any atom is 0.215 e. The van der Waals surface area contributed by atoms with Gasteiger partial charge in [0.1, 0.15) is 5.75 Å². The van der Waals surface area contributed by atoms with Crippen molar-refractivity contribution in [2.45, 2.75) is 25.7 Å². The van der Waals surface area contributed by atoms with E-state index in [-0.39, 0.29) is 0 Å². The number of nitrogen functional groups attached to an aromatic ring is 1. The molecule has 0 fully saturated rings. The number of rotatable bonds is 8. The molecule has 0 aliphatic rings. The molecule has 3 rings (SSSR count). The van der Waals surface area contributed by atoms with Gasteiger partial charge in [0.05, 0.1) is 19.1 Å². The normalized spacial score (nSPS) is 11.5. The van der Waals surface area contributed by atoms with Crippen molar-refractivity contribution in [1.29, 1.82) is 0 Å². The summed E-state index contributed by atoms with van der Waals surface area (Å²) >= 11 is 0. The Labute approximate surface area is 158 Å². The van der Waals surface area contributed by atoms with Crippen LogP contribution in [0.1, 0.15) is 29.7 Å². The second kappa shape index (κ2) is 9.52. The van der Waals surface area contributed by atoms with Crippen molar-refractivity contribution in [1.82, 2.24) is 9.97 Å². The Bertz CT molecular complexity index is 923. The Kier molecular flexibility index (Phi) is 6.57. The van der Waals surface area contributed by atoms with E-state index in [9.17, 15) is 0 Å². The van der Waals surface area contributed by atoms with Crippen LogP contribution in [0.15, 0.2) is 64.6 Å². The van der Waals surface area contributed by atoms with E-state index in [1.54, 1.807) is 31.8 Å². The largest absolute Gasteiger partial charge is 0.495 e. The molecule has 0 spiro atoms. The Morgan fingerprint density at radius 1 is 1.19 bits per heavy atom. The quantitative estimate of drug-likeness (QED) is 0.620. The lowest BCUT2D eigenvalue weighted by Gasteiger charge is -2.06. The topological polar surface area (TPSA) is 86.5 Å². The molecule has 3 aromatic rings. The molecule has 6 heteroatoms. The first-order valence-corrected chi connectivity index (χ1v) is 9.00. The Morgan fingerprint density at radius 2 is 2.07 bits per heavy atom.